The van der Waals surface area contributed by atoms with Gasteiger partial charge < -0.3 is 89.9 Å². The van der Waals surface area contributed by atoms with E-state index in [1.807, 2.05) is 0 Å². The number of nitrogens with one attached hydrogen (secondary N) is 1. The summed E-state index contributed by atoms with van der Waals surface area (Å²) in [5.41, 5.74) is 0. The van der Waals surface area contributed by atoms with E-state index in [0.29, 0.717) is 12.8 Å². The Labute approximate surface area is 538 Å². The maximum atomic E-state index is 13.4. The van der Waals surface area contributed by atoms with Crippen LogP contribution in [0, 0.1) is 0 Å². The Morgan fingerprint density at radius 3 is 0.978 bits per heavy atom. The smallest absolute Gasteiger partial charge is 0.220 e. The summed E-state index contributed by atoms with van der Waals surface area (Å²) >= 11 is 0. The second kappa shape index (κ2) is 53.0. The molecule has 528 valence electrons. The molecule has 19 heteroatoms. The summed E-state index contributed by atoms with van der Waals surface area (Å²) in [6.45, 7) is 1.86. The van der Waals surface area contributed by atoms with Gasteiger partial charge in [0, 0.05) is 6.42 Å². The first-order valence-corrected chi connectivity index (χ1v) is 36.8. The van der Waals surface area contributed by atoms with Crippen molar-refractivity contribution in [1.29, 1.82) is 0 Å². The zero-order valence-electron chi connectivity index (χ0n) is 55.9. The zero-order chi connectivity index (χ0) is 64.7. The van der Waals surface area contributed by atoms with Gasteiger partial charge in [0.05, 0.1) is 38.6 Å². The van der Waals surface area contributed by atoms with Gasteiger partial charge in [-0.3, -0.25) is 4.79 Å². The fraction of sp³-hybridized carbons (Fsp3) is 0.986. The quantitative estimate of drug-likeness (QED) is 0.0252. The van der Waals surface area contributed by atoms with Gasteiger partial charge in [-0.25, -0.2) is 0 Å². The van der Waals surface area contributed by atoms with Crippen LogP contribution in [0.15, 0.2) is 0 Å². The molecule has 3 heterocycles. The molecule has 0 aromatic heterocycles. The number of ether oxygens (including phenoxy) is 6. The fourth-order valence-corrected chi connectivity index (χ4v) is 13.0. The van der Waals surface area contributed by atoms with Crippen LogP contribution in [0.2, 0.25) is 0 Å². The summed E-state index contributed by atoms with van der Waals surface area (Å²) in [6.07, 6.45) is 30.3. The molecule has 0 bridgehead atoms. The Morgan fingerprint density at radius 2 is 0.640 bits per heavy atom. The standard InChI is InChI=1S/C70H135NO18/c1-3-5-7-9-11-13-15-17-19-21-23-25-27-29-31-33-35-37-39-41-43-45-47-54(75)53(71-58(76)48-46-44-42-40-38-36-34-32-30-28-26-24-22-20-18-16-14-12-10-8-6-4-2)52-84-68-64(82)61(79)66(56(50-73)86-68)89-70-65(83)62(80)67(57(51-74)87-70)88-69-63(81)60(78)59(77)55(49-72)85-69/h53-57,59-70,72-75,77-83H,3-52H2,1-2H3,(H,71,76). The van der Waals surface area contributed by atoms with Crippen LogP contribution in [0.5, 0.6) is 0 Å². The van der Waals surface area contributed by atoms with Crippen molar-refractivity contribution in [3.8, 4) is 0 Å². The summed E-state index contributed by atoms with van der Waals surface area (Å²) in [5, 5.41) is 121. The molecule has 1 amide bonds. The van der Waals surface area contributed by atoms with E-state index in [2.05, 4.69) is 19.2 Å². The first-order chi connectivity index (χ1) is 43.3. The van der Waals surface area contributed by atoms with Crippen molar-refractivity contribution in [2.45, 2.75) is 413 Å². The molecule has 0 spiro atoms. The molecule has 89 heavy (non-hydrogen) atoms. The van der Waals surface area contributed by atoms with Gasteiger partial charge >= 0.3 is 0 Å². The largest absolute Gasteiger partial charge is 0.394 e. The van der Waals surface area contributed by atoms with Gasteiger partial charge in [-0.15, -0.1) is 0 Å². The maximum absolute atomic E-state index is 13.4. The third-order valence-electron chi connectivity index (χ3n) is 18.9. The molecular weight excluding hydrogens is 1140 g/mol. The van der Waals surface area contributed by atoms with Crippen LogP contribution >= 0.6 is 0 Å². The predicted octanol–water partition coefficient (Wildman–Crippen LogP) is 10.3. The Morgan fingerprint density at radius 1 is 0.360 bits per heavy atom. The number of amides is 1. The number of carbonyl (C=O) groups excluding carboxylic acids is 1. The van der Waals surface area contributed by atoms with Crippen molar-refractivity contribution in [2.75, 3.05) is 26.4 Å². The molecular formula is C70H135NO18. The minimum Gasteiger partial charge on any atom is -0.394 e. The van der Waals surface area contributed by atoms with E-state index < -0.39 is 124 Å². The lowest BCUT2D eigenvalue weighted by Gasteiger charge is -2.48. The van der Waals surface area contributed by atoms with Crippen molar-refractivity contribution in [3.05, 3.63) is 0 Å². The van der Waals surface area contributed by atoms with Gasteiger partial charge in [0.15, 0.2) is 18.9 Å². The van der Waals surface area contributed by atoms with Crippen LogP contribution in [-0.4, -0.2) is 193 Å². The van der Waals surface area contributed by atoms with Crippen molar-refractivity contribution in [1.82, 2.24) is 5.32 Å². The number of unbranched alkanes of at least 4 members (excludes halogenated alkanes) is 42. The molecule has 3 aliphatic rings. The molecule has 3 saturated heterocycles. The van der Waals surface area contributed by atoms with E-state index in [-0.39, 0.29) is 18.9 Å². The average molecular weight is 1280 g/mol. The molecule has 0 saturated carbocycles. The third kappa shape index (κ3) is 34.9. The lowest BCUT2D eigenvalue weighted by atomic mass is 9.96. The van der Waals surface area contributed by atoms with E-state index in [1.54, 1.807) is 0 Å². The van der Waals surface area contributed by atoms with Gasteiger partial charge in [-0.2, -0.15) is 0 Å². The molecule has 12 N–H and O–H groups in total. The number of carbonyl (C=O) groups is 1. The van der Waals surface area contributed by atoms with Crippen LogP contribution in [0.25, 0.3) is 0 Å². The van der Waals surface area contributed by atoms with Crippen LogP contribution in [0.3, 0.4) is 0 Å². The third-order valence-corrected chi connectivity index (χ3v) is 18.9. The summed E-state index contributed by atoms with van der Waals surface area (Å²) in [5.74, 6) is -0.234. The lowest BCUT2D eigenvalue weighted by Crippen LogP contribution is -2.66. The fourth-order valence-electron chi connectivity index (χ4n) is 13.0. The molecule has 3 aliphatic heterocycles. The molecule has 17 unspecified atom stereocenters. The van der Waals surface area contributed by atoms with E-state index in [4.69, 9.17) is 28.4 Å². The van der Waals surface area contributed by atoms with Crippen LogP contribution in [-0.2, 0) is 33.2 Å². The highest BCUT2D eigenvalue weighted by molar-refractivity contribution is 5.76. The van der Waals surface area contributed by atoms with E-state index >= 15 is 0 Å². The number of rotatable bonds is 58. The average Bonchev–Trinajstić information content (AvgIpc) is 1.97. The van der Waals surface area contributed by atoms with Crippen LogP contribution in [0.1, 0.15) is 309 Å². The minimum atomic E-state index is -1.97. The molecule has 17 atom stereocenters. The van der Waals surface area contributed by atoms with Gasteiger partial charge in [0.25, 0.3) is 0 Å². The first-order valence-electron chi connectivity index (χ1n) is 36.8. The molecule has 0 aliphatic carbocycles. The normalized spacial score (nSPS) is 28.1. The molecule has 3 rings (SSSR count). The highest BCUT2D eigenvalue weighted by Gasteiger charge is 2.53. The van der Waals surface area contributed by atoms with Gasteiger partial charge in [-0.05, 0) is 12.8 Å². The Hall–Kier alpha value is -1.21. The maximum Gasteiger partial charge on any atom is 0.220 e. The van der Waals surface area contributed by atoms with Crippen LogP contribution in [0.4, 0.5) is 0 Å². The molecule has 3 fully saturated rings. The first kappa shape index (κ1) is 82.0. The summed E-state index contributed by atoms with van der Waals surface area (Å²) in [4.78, 5) is 13.4. The monoisotopic (exact) mass is 1280 g/mol. The van der Waals surface area contributed by atoms with Crippen molar-refractivity contribution in [2.24, 2.45) is 0 Å². The molecule has 19 nitrogen and oxygen atoms in total. The van der Waals surface area contributed by atoms with Crippen molar-refractivity contribution < 1.29 is 89.4 Å². The summed E-state index contributed by atoms with van der Waals surface area (Å²) in [6, 6.07) is -0.882. The van der Waals surface area contributed by atoms with E-state index in [0.717, 1.165) is 44.9 Å². The predicted molar refractivity (Wildman–Crippen MR) is 347 cm³/mol. The summed E-state index contributed by atoms with van der Waals surface area (Å²) in [7, 11) is 0. The Balaban J connectivity index is 1.41. The highest BCUT2D eigenvalue weighted by atomic mass is 16.8. The minimum absolute atomic E-state index is 0.234. The van der Waals surface area contributed by atoms with Gasteiger partial charge in [0.1, 0.15) is 73.2 Å². The van der Waals surface area contributed by atoms with E-state index in [1.165, 1.54) is 231 Å². The number of aliphatic hydroxyl groups excluding tert-OH is 11. The second-order valence-electron chi connectivity index (χ2n) is 26.8. The highest BCUT2D eigenvalue weighted by Crippen LogP contribution is 2.33. The zero-order valence-corrected chi connectivity index (χ0v) is 55.9. The van der Waals surface area contributed by atoms with Crippen molar-refractivity contribution in [3.63, 3.8) is 0 Å². The number of aliphatic hydroxyl groups is 11. The Bertz CT molecular complexity index is 1620. The number of hydrogen-bond donors (Lipinski definition) is 12. The SMILES string of the molecule is CCCCCCCCCCCCCCCCCCCCCCCCC(=O)NC(COC1OC(CO)C(OC2OC(CO)C(OC3OC(CO)C(O)C(O)C3O)C(O)C2O)C(O)C1O)C(O)CCCCCCCCCCCCCCCCCCCCCCCC. The number of hydrogen-bond acceptors (Lipinski definition) is 18. The Kier molecular flexibility index (Phi) is 48.8. The topological polar surface area (TPSA) is 307 Å². The van der Waals surface area contributed by atoms with Crippen molar-refractivity contribution >= 4 is 5.91 Å². The second-order valence-corrected chi connectivity index (χ2v) is 26.8. The molecule has 0 aromatic rings. The lowest BCUT2D eigenvalue weighted by molar-refractivity contribution is -0.379. The van der Waals surface area contributed by atoms with Gasteiger partial charge in [-0.1, -0.05) is 290 Å². The van der Waals surface area contributed by atoms with Crippen LogP contribution < -0.4 is 5.32 Å². The van der Waals surface area contributed by atoms with Gasteiger partial charge in [0.2, 0.25) is 5.91 Å². The molecule has 0 radical (unpaired) electrons. The van der Waals surface area contributed by atoms with E-state index in [9.17, 15) is 61.0 Å². The summed E-state index contributed by atoms with van der Waals surface area (Å²) < 4.78 is 34.5. The molecule has 0 aromatic carbocycles.